The number of hydrogen-bond donors (Lipinski definition) is 2. The standard InChI is InChI=1S/C15H19NO3S/c1-2-3-4-10-16-15-7-5-6-12-11-13(20(17,18)19)8-9-14(12)15/h5-9,11,16H,2-4,10H2,1H3,(H,17,18,19). The molecule has 0 unspecified atom stereocenters. The van der Waals surface area contributed by atoms with Crippen molar-refractivity contribution in [2.24, 2.45) is 0 Å². The number of benzene rings is 2. The number of nitrogens with one attached hydrogen (secondary N) is 1. The predicted octanol–water partition coefficient (Wildman–Crippen LogP) is 3.69. The fourth-order valence-electron chi connectivity index (χ4n) is 2.17. The molecule has 108 valence electrons. The fourth-order valence-corrected chi connectivity index (χ4v) is 2.69. The van der Waals surface area contributed by atoms with Gasteiger partial charge in [-0.15, -0.1) is 0 Å². The van der Waals surface area contributed by atoms with E-state index in [1.54, 1.807) is 6.07 Å². The Morgan fingerprint density at radius 1 is 1.15 bits per heavy atom. The molecule has 0 heterocycles. The van der Waals surface area contributed by atoms with Crippen LogP contribution >= 0.6 is 0 Å². The number of unbranched alkanes of at least 4 members (excludes halogenated alkanes) is 2. The Hall–Kier alpha value is -1.59. The van der Waals surface area contributed by atoms with Crippen LogP contribution in [0.25, 0.3) is 10.8 Å². The lowest BCUT2D eigenvalue weighted by Crippen LogP contribution is -2.02. The number of hydrogen-bond acceptors (Lipinski definition) is 3. The molecule has 0 radical (unpaired) electrons. The fraction of sp³-hybridized carbons (Fsp3) is 0.333. The van der Waals surface area contributed by atoms with E-state index in [4.69, 9.17) is 4.55 Å². The van der Waals surface area contributed by atoms with Crippen LogP contribution in [0.4, 0.5) is 5.69 Å². The highest BCUT2D eigenvalue weighted by atomic mass is 32.2. The Kier molecular flexibility index (Phi) is 4.62. The molecule has 0 fully saturated rings. The summed E-state index contributed by atoms with van der Waals surface area (Å²) in [5.41, 5.74) is 0.987. The molecule has 4 nitrogen and oxygen atoms in total. The topological polar surface area (TPSA) is 66.4 Å². The van der Waals surface area contributed by atoms with E-state index in [2.05, 4.69) is 12.2 Å². The van der Waals surface area contributed by atoms with Crippen molar-refractivity contribution in [2.45, 2.75) is 31.1 Å². The van der Waals surface area contributed by atoms with Crippen LogP contribution in [-0.4, -0.2) is 19.5 Å². The minimum atomic E-state index is -4.15. The molecule has 2 aromatic carbocycles. The summed E-state index contributed by atoms with van der Waals surface area (Å²) in [6.45, 7) is 3.06. The normalized spacial score (nSPS) is 11.7. The van der Waals surface area contributed by atoms with Crippen molar-refractivity contribution in [1.82, 2.24) is 0 Å². The molecule has 0 aliphatic heterocycles. The molecule has 0 aromatic heterocycles. The van der Waals surface area contributed by atoms with Gasteiger partial charge in [0.15, 0.2) is 0 Å². The molecule has 0 saturated heterocycles. The summed E-state index contributed by atoms with van der Waals surface area (Å²) in [6.07, 6.45) is 3.47. The number of fused-ring (bicyclic) bond motifs is 1. The van der Waals surface area contributed by atoms with Gasteiger partial charge in [0.25, 0.3) is 10.1 Å². The predicted molar refractivity (Wildman–Crippen MR) is 81.8 cm³/mol. The number of rotatable bonds is 6. The third kappa shape index (κ3) is 3.49. The van der Waals surface area contributed by atoms with E-state index >= 15 is 0 Å². The first-order valence-corrected chi connectivity index (χ1v) is 8.20. The van der Waals surface area contributed by atoms with Crippen molar-refractivity contribution in [3.8, 4) is 0 Å². The molecule has 2 aromatic rings. The van der Waals surface area contributed by atoms with E-state index in [9.17, 15) is 8.42 Å². The summed E-state index contributed by atoms with van der Waals surface area (Å²) >= 11 is 0. The van der Waals surface area contributed by atoms with Crippen LogP contribution in [0, 0.1) is 0 Å². The van der Waals surface area contributed by atoms with Gasteiger partial charge in [0.05, 0.1) is 4.90 Å². The van der Waals surface area contributed by atoms with Gasteiger partial charge in [-0.05, 0) is 30.0 Å². The van der Waals surface area contributed by atoms with E-state index in [-0.39, 0.29) is 4.90 Å². The average molecular weight is 293 g/mol. The maximum atomic E-state index is 11.1. The van der Waals surface area contributed by atoms with Crippen LogP contribution in [0.2, 0.25) is 0 Å². The Bertz CT molecular complexity index is 695. The summed E-state index contributed by atoms with van der Waals surface area (Å²) in [6, 6.07) is 10.3. The minimum absolute atomic E-state index is 0.0758. The summed E-state index contributed by atoms with van der Waals surface area (Å²) in [5.74, 6) is 0. The molecule has 0 atom stereocenters. The molecule has 2 rings (SSSR count). The van der Waals surface area contributed by atoms with Crippen molar-refractivity contribution in [1.29, 1.82) is 0 Å². The SMILES string of the molecule is CCCCCNc1cccc2cc(S(=O)(=O)O)ccc12. The zero-order valence-corrected chi connectivity index (χ0v) is 12.3. The van der Waals surface area contributed by atoms with Gasteiger partial charge in [-0.25, -0.2) is 0 Å². The first kappa shape index (κ1) is 14.8. The van der Waals surface area contributed by atoms with Gasteiger partial charge in [0.2, 0.25) is 0 Å². The maximum Gasteiger partial charge on any atom is 0.294 e. The van der Waals surface area contributed by atoms with Crippen LogP contribution in [-0.2, 0) is 10.1 Å². The average Bonchev–Trinajstić information content (AvgIpc) is 2.42. The quantitative estimate of drug-likeness (QED) is 0.629. The van der Waals surface area contributed by atoms with Gasteiger partial charge in [-0.3, -0.25) is 4.55 Å². The van der Waals surface area contributed by atoms with Crippen molar-refractivity contribution < 1.29 is 13.0 Å². The Labute approximate surface area is 119 Å². The van der Waals surface area contributed by atoms with Gasteiger partial charge >= 0.3 is 0 Å². The molecule has 0 amide bonds. The van der Waals surface area contributed by atoms with Gasteiger partial charge in [-0.2, -0.15) is 8.42 Å². The molecule has 5 heteroatoms. The van der Waals surface area contributed by atoms with Crippen LogP contribution in [0.15, 0.2) is 41.3 Å². The Balaban J connectivity index is 2.29. The summed E-state index contributed by atoms with van der Waals surface area (Å²) < 4.78 is 31.4. The van der Waals surface area contributed by atoms with Crippen LogP contribution in [0.3, 0.4) is 0 Å². The van der Waals surface area contributed by atoms with Gasteiger partial charge in [0, 0.05) is 17.6 Å². The van der Waals surface area contributed by atoms with Crippen molar-refractivity contribution in [3.05, 3.63) is 36.4 Å². The smallest absolute Gasteiger partial charge is 0.294 e. The monoisotopic (exact) mass is 293 g/mol. The van der Waals surface area contributed by atoms with E-state index in [0.29, 0.717) is 0 Å². The summed E-state index contributed by atoms with van der Waals surface area (Å²) in [7, 11) is -4.15. The third-order valence-electron chi connectivity index (χ3n) is 3.25. The first-order valence-electron chi connectivity index (χ1n) is 6.76. The van der Waals surface area contributed by atoms with E-state index < -0.39 is 10.1 Å². The van der Waals surface area contributed by atoms with Crippen LogP contribution in [0.5, 0.6) is 0 Å². The highest BCUT2D eigenvalue weighted by Crippen LogP contribution is 2.26. The minimum Gasteiger partial charge on any atom is -0.385 e. The van der Waals surface area contributed by atoms with Crippen LogP contribution in [0.1, 0.15) is 26.2 Å². The Morgan fingerprint density at radius 2 is 1.95 bits per heavy atom. The van der Waals surface area contributed by atoms with Crippen LogP contribution < -0.4 is 5.32 Å². The second-order valence-corrected chi connectivity index (χ2v) is 6.22. The molecule has 20 heavy (non-hydrogen) atoms. The molecule has 0 saturated carbocycles. The largest absolute Gasteiger partial charge is 0.385 e. The maximum absolute atomic E-state index is 11.1. The number of anilines is 1. The second-order valence-electron chi connectivity index (χ2n) is 4.80. The van der Waals surface area contributed by atoms with Crippen molar-refractivity contribution in [2.75, 3.05) is 11.9 Å². The molecular formula is C15H19NO3S. The zero-order chi connectivity index (χ0) is 14.6. The highest BCUT2D eigenvalue weighted by Gasteiger charge is 2.10. The molecule has 0 aliphatic rings. The van der Waals surface area contributed by atoms with Gasteiger partial charge < -0.3 is 5.32 Å². The molecule has 0 bridgehead atoms. The van der Waals surface area contributed by atoms with E-state index in [1.807, 2.05) is 18.2 Å². The molecule has 0 spiro atoms. The molecular weight excluding hydrogens is 274 g/mol. The van der Waals surface area contributed by atoms with Crippen molar-refractivity contribution >= 4 is 26.6 Å². The third-order valence-corrected chi connectivity index (χ3v) is 4.10. The molecule has 0 aliphatic carbocycles. The zero-order valence-electron chi connectivity index (χ0n) is 11.5. The lowest BCUT2D eigenvalue weighted by atomic mass is 10.1. The summed E-state index contributed by atoms with van der Waals surface area (Å²) in [4.78, 5) is -0.0758. The lowest BCUT2D eigenvalue weighted by Gasteiger charge is -2.10. The van der Waals surface area contributed by atoms with Gasteiger partial charge in [0.1, 0.15) is 0 Å². The van der Waals surface area contributed by atoms with Crippen molar-refractivity contribution in [3.63, 3.8) is 0 Å². The summed E-state index contributed by atoms with van der Waals surface area (Å²) in [5, 5.41) is 5.12. The first-order chi connectivity index (χ1) is 9.52. The second kappa shape index (κ2) is 6.24. The molecule has 2 N–H and O–H groups in total. The van der Waals surface area contributed by atoms with E-state index in [1.165, 1.54) is 25.0 Å². The van der Waals surface area contributed by atoms with Gasteiger partial charge in [-0.1, -0.05) is 38.0 Å². The Morgan fingerprint density at radius 3 is 2.65 bits per heavy atom. The highest BCUT2D eigenvalue weighted by molar-refractivity contribution is 7.85. The van der Waals surface area contributed by atoms with E-state index in [0.717, 1.165) is 29.4 Å². The lowest BCUT2D eigenvalue weighted by molar-refractivity contribution is 0.483.